The second kappa shape index (κ2) is 5.66. The summed E-state index contributed by atoms with van der Waals surface area (Å²) < 4.78 is 25.8. The second-order valence-corrected chi connectivity index (χ2v) is 5.85. The van der Waals surface area contributed by atoms with Crippen molar-refractivity contribution in [2.75, 3.05) is 6.54 Å². The molecule has 0 bridgehead atoms. The fourth-order valence-electron chi connectivity index (χ4n) is 1.28. The highest BCUT2D eigenvalue weighted by molar-refractivity contribution is 7.89. The predicted molar refractivity (Wildman–Crippen MR) is 66.6 cm³/mol. The van der Waals surface area contributed by atoms with Crippen molar-refractivity contribution in [1.82, 2.24) is 4.72 Å². The summed E-state index contributed by atoms with van der Waals surface area (Å²) in [5, 5.41) is 9.55. The molecule has 0 saturated heterocycles. The van der Waals surface area contributed by atoms with Crippen LogP contribution in [-0.2, 0) is 14.8 Å². The number of nitrogens with two attached hydrogens (primary N) is 1. The first-order valence-electron chi connectivity index (χ1n) is 4.97. The van der Waals surface area contributed by atoms with Crippen LogP contribution in [0, 0.1) is 6.92 Å². The highest BCUT2D eigenvalue weighted by Gasteiger charge is 2.20. The average Bonchev–Trinajstić information content (AvgIpc) is 2.25. The van der Waals surface area contributed by atoms with Crippen LogP contribution < -0.4 is 10.5 Å². The molecule has 100 valence electrons. The van der Waals surface area contributed by atoms with Gasteiger partial charge in [-0.2, -0.15) is 0 Å². The molecule has 1 unspecified atom stereocenters. The van der Waals surface area contributed by atoms with Crippen LogP contribution in [0.1, 0.15) is 5.56 Å². The summed E-state index contributed by atoms with van der Waals surface area (Å²) in [4.78, 5) is 10.6. The summed E-state index contributed by atoms with van der Waals surface area (Å²) in [6.45, 7) is 1.12. The van der Waals surface area contributed by atoms with Crippen molar-refractivity contribution in [1.29, 1.82) is 0 Å². The first kappa shape index (κ1) is 14.9. The number of carbonyl (C=O) groups is 1. The van der Waals surface area contributed by atoms with Crippen molar-refractivity contribution >= 4 is 27.5 Å². The Hall–Kier alpha value is -1.15. The number of hydrogen-bond acceptors (Lipinski definition) is 4. The molecule has 0 aliphatic rings. The highest BCUT2D eigenvalue weighted by Crippen LogP contribution is 2.19. The number of benzene rings is 1. The molecule has 4 N–H and O–H groups in total. The molecular weight excluding hydrogens is 280 g/mol. The third-order valence-electron chi connectivity index (χ3n) is 2.22. The van der Waals surface area contributed by atoms with Crippen LogP contribution in [0.25, 0.3) is 0 Å². The van der Waals surface area contributed by atoms with Crippen LogP contribution in [0.15, 0.2) is 23.1 Å². The molecule has 0 radical (unpaired) electrons. The van der Waals surface area contributed by atoms with Gasteiger partial charge in [-0.3, -0.25) is 4.79 Å². The van der Waals surface area contributed by atoms with Gasteiger partial charge in [-0.05, 0) is 30.7 Å². The lowest BCUT2D eigenvalue weighted by Crippen LogP contribution is -2.40. The van der Waals surface area contributed by atoms with E-state index in [9.17, 15) is 13.2 Å². The standard InChI is InChI=1S/C10H13ClN2O4S/c1-6-4-7(11)2-3-9(6)18(16,17)13-5-8(14)10(12)15/h2-4,8,13-14H,5H2,1H3,(H2,12,15). The molecule has 0 heterocycles. The lowest BCUT2D eigenvalue weighted by Gasteiger charge is -2.11. The Morgan fingerprint density at radius 3 is 2.67 bits per heavy atom. The van der Waals surface area contributed by atoms with Crippen molar-refractivity contribution in [2.24, 2.45) is 5.73 Å². The molecule has 0 saturated carbocycles. The zero-order valence-corrected chi connectivity index (χ0v) is 11.1. The molecule has 1 aromatic carbocycles. The van der Waals surface area contributed by atoms with E-state index < -0.39 is 28.6 Å². The van der Waals surface area contributed by atoms with Crippen LogP contribution >= 0.6 is 11.6 Å². The Balaban J connectivity index is 2.90. The van der Waals surface area contributed by atoms with Gasteiger partial charge >= 0.3 is 0 Å². The van der Waals surface area contributed by atoms with Crippen molar-refractivity contribution < 1.29 is 18.3 Å². The summed E-state index contributed by atoms with van der Waals surface area (Å²) in [6, 6.07) is 4.28. The van der Waals surface area contributed by atoms with Gasteiger partial charge < -0.3 is 10.8 Å². The summed E-state index contributed by atoms with van der Waals surface area (Å²) >= 11 is 5.72. The van der Waals surface area contributed by atoms with Crippen LogP contribution in [-0.4, -0.2) is 32.1 Å². The van der Waals surface area contributed by atoms with Gasteiger partial charge in [0.05, 0.1) is 4.90 Å². The van der Waals surface area contributed by atoms with Crippen LogP contribution in [0.4, 0.5) is 0 Å². The van der Waals surface area contributed by atoms with E-state index in [1.165, 1.54) is 18.2 Å². The minimum Gasteiger partial charge on any atom is -0.382 e. The zero-order chi connectivity index (χ0) is 13.9. The minimum atomic E-state index is -3.81. The minimum absolute atomic E-state index is 0.0311. The monoisotopic (exact) mass is 292 g/mol. The first-order chi connectivity index (χ1) is 8.24. The van der Waals surface area contributed by atoms with Gasteiger partial charge in [0.15, 0.2) is 0 Å². The van der Waals surface area contributed by atoms with Gasteiger partial charge in [0.2, 0.25) is 15.9 Å². The fraction of sp³-hybridized carbons (Fsp3) is 0.300. The molecule has 0 fully saturated rings. The Morgan fingerprint density at radius 1 is 1.56 bits per heavy atom. The maximum Gasteiger partial charge on any atom is 0.247 e. The number of aliphatic hydroxyl groups excluding tert-OH is 1. The van der Waals surface area contributed by atoms with E-state index in [0.717, 1.165) is 0 Å². The average molecular weight is 293 g/mol. The van der Waals surface area contributed by atoms with Gasteiger partial charge in [-0.1, -0.05) is 11.6 Å². The molecule has 1 aromatic rings. The Morgan fingerprint density at radius 2 is 2.17 bits per heavy atom. The molecular formula is C10H13ClN2O4S. The van der Waals surface area contributed by atoms with E-state index in [4.69, 9.17) is 22.4 Å². The summed E-state index contributed by atoms with van der Waals surface area (Å²) in [5.74, 6) is -0.995. The lowest BCUT2D eigenvalue weighted by molar-refractivity contribution is -0.125. The number of amides is 1. The number of aryl methyl sites for hydroxylation is 1. The van der Waals surface area contributed by atoms with E-state index in [1.807, 2.05) is 0 Å². The van der Waals surface area contributed by atoms with E-state index in [1.54, 1.807) is 6.92 Å². The number of halogens is 1. The largest absolute Gasteiger partial charge is 0.382 e. The first-order valence-corrected chi connectivity index (χ1v) is 6.83. The van der Waals surface area contributed by atoms with Crippen LogP contribution in [0.2, 0.25) is 5.02 Å². The van der Waals surface area contributed by atoms with Crippen molar-refractivity contribution in [2.45, 2.75) is 17.9 Å². The smallest absolute Gasteiger partial charge is 0.247 e. The van der Waals surface area contributed by atoms with Crippen molar-refractivity contribution in [3.63, 3.8) is 0 Å². The molecule has 0 spiro atoms. The van der Waals surface area contributed by atoms with E-state index in [2.05, 4.69) is 4.72 Å². The quantitative estimate of drug-likeness (QED) is 0.696. The second-order valence-electron chi connectivity index (χ2n) is 3.68. The van der Waals surface area contributed by atoms with Gasteiger partial charge in [0, 0.05) is 11.6 Å². The van der Waals surface area contributed by atoms with Gasteiger partial charge in [0.1, 0.15) is 6.10 Å². The van der Waals surface area contributed by atoms with Gasteiger partial charge in [-0.25, -0.2) is 13.1 Å². The number of rotatable bonds is 5. The summed E-state index contributed by atoms with van der Waals surface area (Å²) in [6.07, 6.45) is -1.56. The molecule has 18 heavy (non-hydrogen) atoms. The third-order valence-corrected chi connectivity index (χ3v) is 4.04. The number of sulfonamides is 1. The van der Waals surface area contributed by atoms with Gasteiger partial charge in [0.25, 0.3) is 0 Å². The molecule has 1 rings (SSSR count). The summed E-state index contributed by atoms with van der Waals surface area (Å²) in [7, 11) is -3.81. The van der Waals surface area contributed by atoms with Crippen LogP contribution in [0.3, 0.4) is 0 Å². The van der Waals surface area contributed by atoms with Crippen LogP contribution in [0.5, 0.6) is 0 Å². The molecule has 8 heteroatoms. The van der Waals surface area contributed by atoms with Crippen molar-refractivity contribution in [3.8, 4) is 0 Å². The third kappa shape index (κ3) is 3.67. The number of carbonyl (C=O) groups excluding carboxylic acids is 1. The van der Waals surface area contributed by atoms with E-state index in [0.29, 0.717) is 10.6 Å². The zero-order valence-electron chi connectivity index (χ0n) is 9.55. The molecule has 1 amide bonds. The fourth-order valence-corrected chi connectivity index (χ4v) is 2.77. The maximum atomic E-state index is 11.9. The SMILES string of the molecule is Cc1cc(Cl)ccc1S(=O)(=O)NCC(O)C(N)=O. The number of nitrogens with one attached hydrogen (secondary N) is 1. The molecule has 0 aromatic heterocycles. The molecule has 1 atom stereocenters. The number of primary amides is 1. The highest BCUT2D eigenvalue weighted by atomic mass is 35.5. The Bertz CT molecular complexity index is 559. The lowest BCUT2D eigenvalue weighted by atomic mass is 10.2. The number of aliphatic hydroxyl groups is 1. The number of hydrogen-bond donors (Lipinski definition) is 3. The topological polar surface area (TPSA) is 109 Å². The Labute approximate surface area is 110 Å². The normalized spacial score (nSPS) is 13.3. The van der Waals surface area contributed by atoms with E-state index >= 15 is 0 Å². The molecule has 6 nitrogen and oxygen atoms in total. The predicted octanol–water partition coefficient (Wildman–Crippen LogP) is -0.227. The van der Waals surface area contributed by atoms with E-state index in [-0.39, 0.29) is 4.90 Å². The van der Waals surface area contributed by atoms with Crippen molar-refractivity contribution in [3.05, 3.63) is 28.8 Å². The van der Waals surface area contributed by atoms with Gasteiger partial charge in [-0.15, -0.1) is 0 Å². The molecule has 0 aliphatic heterocycles. The summed E-state index contributed by atoms with van der Waals surface area (Å²) in [5.41, 5.74) is 5.27. The Kier molecular flexibility index (Phi) is 4.69. The molecule has 0 aliphatic carbocycles. The maximum absolute atomic E-state index is 11.9.